The SMILES string of the molecule is N#Cc1ccc(NC(=O)c2cc(F)c(F)cc2Cl)cc1Cl. The predicted molar refractivity (Wildman–Crippen MR) is 75.5 cm³/mol. The molecule has 0 spiro atoms. The summed E-state index contributed by atoms with van der Waals surface area (Å²) in [6.45, 7) is 0. The molecule has 0 aliphatic rings. The number of anilines is 1. The Bertz CT molecular complexity index is 772. The van der Waals surface area contributed by atoms with Gasteiger partial charge in [-0.1, -0.05) is 23.2 Å². The van der Waals surface area contributed by atoms with E-state index in [9.17, 15) is 13.6 Å². The molecule has 21 heavy (non-hydrogen) atoms. The second kappa shape index (κ2) is 6.08. The first-order valence-electron chi connectivity index (χ1n) is 5.58. The van der Waals surface area contributed by atoms with Crippen LogP contribution in [0.1, 0.15) is 15.9 Å². The lowest BCUT2D eigenvalue weighted by Crippen LogP contribution is -2.13. The summed E-state index contributed by atoms with van der Waals surface area (Å²) in [5.74, 6) is -3.04. The minimum absolute atomic E-state index is 0.159. The fourth-order valence-electron chi connectivity index (χ4n) is 1.58. The molecule has 0 aliphatic heterocycles. The number of hydrogen-bond acceptors (Lipinski definition) is 2. The summed E-state index contributed by atoms with van der Waals surface area (Å²) >= 11 is 11.5. The van der Waals surface area contributed by atoms with Gasteiger partial charge in [-0.2, -0.15) is 5.26 Å². The molecule has 106 valence electrons. The highest BCUT2D eigenvalue weighted by molar-refractivity contribution is 6.34. The van der Waals surface area contributed by atoms with E-state index in [-0.39, 0.29) is 21.2 Å². The molecule has 0 saturated carbocycles. The highest BCUT2D eigenvalue weighted by Crippen LogP contribution is 2.23. The molecule has 2 aromatic rings. The zero-order valence-electron chi connectivity index (χ0n) is 10.3. The Hall–Kier alpha value is -2.16. The Morgan fingerprint density at radius 1 is 1.10 bits per heavy atom. The monoisotopic (exact) mass is 326 g/mol. The van der Waals surface area contributed by atoms with E-state index in [0.717, 1.165) is 6.07 Å². The number of amides is 1. The third-order valence-corrected chi connectivity index (χ3v) is 3.23. The summed E-state index contributed by atoms with van der Waals surface area (Å²) in [5.41, 5.74) is 0.335. The fourth-order valence-corrected chi connectivity index (χ4v) is 2.04. The van der Waals surface area contributed by atoms with E-state index in [1.807, 2.05) is 6.07 Å². The molecule has 1 N–H and O–H groups in total. The molecule has 7 heteroatoms. The number of nitrogens with zero attached hydrogens (tertiary/aromatic N) is 1. The molecule has 0 saturated heterocycles. The summed E-state index contributed by atoms with van der Waals surface area (Å²) in [7, 11) is 0. The van der Waals surface area contributed by atoms with Gasteiger partial charge < -0.3 is 5.32 Å². The van der Waals surface area contributed by atoms with Gasteiger partial charge in [-0.05, 0) is 30.3 Å². The van der Waals surface area contributed by atoms with E-state index in [2.05, 4.69) is 5.32 Å². The largest absolute Gasteiger partial charge is 0.322 e. The van der Waals surface area contributed by atoms with Crippen LogP contribution in [-0.4, -0.2) is 5.91 Å². The van der Waals surface area contributed by atoms with Crippen LogP contribution in [0.2, 0.25) is 10.0 Å². The van der Waals surface area contributed by atoms with Crippen molar-refractivity contribution < 1.29 is 13.6 Å². The molecule has 0 aromatic heterocycles. The van der Waals surface area contributed by atoms with Crippen LogP contribution in [0, 0.1) is 23.0 Å². The average Bonchev–Trinajstić information content (AvgIpc) is 2.43. The molecule has 0 atom stereocenters. The molecule has 0 radical (unpaired) electrons. The molecule has 0 fully saturated rings. The normalized spacial score (nSPS) is 10.0. The van der Waals surface area contributed by atoms with Gasteiger partial charge >= 0.3 is 0 Å². The van der Waals surface area contributed by atoms with Gasteiger partial charge in [0.15, 0.2) is 11.6 Å². The maximum atomic E-state index is 13.2. The average molecular weight is 327 g/mol. The smallest absolute Gasteiger partial charge is 0.257 e. The highest BCUT2D eigenvalue weighted by Gasteiger charge is 2.15. The van der Waals surface area contributed by atoms with Crippen molar-refractivity contribution in [3.05, 3.63) is 63.1 Å². The minimum Gasteiger partial charge on any atom is -0.322 e. The lowest BCUT2D eigenvalue weighted by atomic mass is 10.1. The van der Waals surface area contributed by atoms with E-state index in [1.54, 1.807) is 0 Å². The Kier molecular flexibility index (Phi) is 4.41. The van der Waals surface area contributed by atoms with Crippen molar-refractivity contribution in [1.82, 2.24) is 0 Å². The molecule has 2 aromatic carbocycles. The molecule has 2 rings (SSSR count). The van der Waals surface area contributed by atoms with Crippen LogP contribution in [0.4, 0.5) is 14.5 Å². The van der Waals surface area contributed by atoms with Crippen molar-refractivity contribution in [2.24, 2.45) is 0 Å². The van der Waals surface area contributed by atoms with Gasteiger partial charge in [0.2, 0.25) is 0 Å². The fraction of sp³-hybridized carbons (Fsp3) is 0. The second-order valence-corrected chi connectivity index (χ2v) is 4.82. The topological polar surface area (TPSA) is 52.9 Å². The van der Waals surface area contributed by atoms with E-state index < -0.39 is 17.5 Å². The van der Waals surface area contributed by atoms with Gasteiger partial charge in [-0.25, -0.2) is 8.78 Å². The Labute approximate surface area is 128 Å². The quantitative estimate of drug-likeness (QED) is 0.832. The Morgan fingerprint density at radius 3 is 2.38 bits per heavy atom. The van der Waals surface area contributed by atoms with Gasteiger partial charge in [-0.3, -0.25) is 4.79 Å². The number of carbonyl (C=O) groups is 1. The first-order chi connectivity index (χ1) is 9.92. The maximum Gasteiger partial charge on any atom is 0.257 e. The predicted octanol–water partition coefficient (Wildman–Crippen LogP) is 4.40. The van der Waals surface area contributed by atoms with Crippen LogP contribution in [0.5, 0.6) is 0 Å². The van der Waals surface area contributed by atoms with Crippen LogP contribution < -0.4 is 5.32 Å². The molecular weight excluding hydrogens is 321 g/mol. The first kappa shape index (κ1) is 15.2. The molecule has 0 unspecified atom stereocenters. The van der Waals surface area contributed by atoms with Gasteiger partial charge in [0, 0.05) is 5.69 Å². The van der Waals surface area contributed by atoms with Gasteiger partial charge in [0.1, 0.15) is 6.07 Å². The van der Waals surface area contributed by atoms with Crippen LogP contribution in [0.3, 0.4) is 0 Å². The Morgan fingerprint density at radius 2 is 1.76 bits per heavy atom. The number of rotatable bonds is 2. The van der Waals surface area contributed by atoms with Gasteiger partial charge in [0.05, 0.1) is 21.2 Å². The second-order valence-electron chi connectivity index (χ2n) is 4.01. The van der Waals surface area contributed by atoms with Crippen molar-refractivity contribution in [3.63, 3.8) is 0 Å². The van der Waals surface area contributed by atoms with Crippen molar-refractivity contribution >= 4 is 34.8 Å². The summed E-state index contributed by atoms with van der Waals surface area (Å²) in [6.07, 6.45) is 0. The summed E-state index contributed by atoms with van der Waals surface area (Å²) in [6, 6.07) is 7.54. The number of halogens is 4. The van der Waals surface area contributed by atoms with E-state index in [4.69, 9.17) is 28.5 Å². The first-order valence-corrected chi connectivity index (χ1v) is 6.33. The Balaban J connectivity index is 2.28. The minimum atomic E-state index is -1.18. The number of nitriles is 1. The van der Waals surface area contributed by atoms with Crippen molar-refractivity contribution in [3.8, 4) is 6.07 Å². The van der Waals surface area contributed by atoms with Gasteiger partial charge in [-0.15, -0.1) is 0 Å². The number of carbonyl (C=O) groups excluding carboxylic acids is 1. The molecule has 0 heterocycles. The summed E-state index contributed by atoms with van der Waals surface area (Å²) in [5, 5.41) is 11.1. The van der Waals surface area contributed by atoms with Gasteiger partial charge in [0.25, 0.3) is 5.91 Å². The summed E-state index contributed by atoms with van der Waals surface area (Å²) in [4.78, 5) is 12.0. The molecule has 1 amide bonds. The highest BCUT2D eigenvalue weighted by atomic mass is 35.5. The lowest BCUT2D eigenvalue weighted by molar-refractivity contribution is 0.102. The van der Waals surface area contributed by atoms with E-state index in [1.165, 1.54) is 18.2 Å². The number of nitrogens with one attached hydrogen (secondary N) is 1. The van der Waals surface area contributed by atoms with Crippen LogP contribution in [0.15, 0.2) is 30.3 Å². The zero-order chi connectivity index (χ0) is 15.6. The van der Waals surface area contributed by atoms with Crippen molar-refractivity contribution in [1.29, 1.82) is 5.26 Å². The lowest BCUT2D eigenvalue weighted by Gasteiger charge is -2.08. The third kappa shape index (κ3) is 3.30. The number of hydrogen-bond donors (Lipinski definition) is 1. The van der Waals surface area contributed by atoms with E-state index >= 15 is 0 Å². The van der Waals surface area contributed by atoms with Crippen molar-refractivity contribution in [2.45, 2.75) is 0 Å². The molecule has 0 aliphatic carbocycles. The van der Waals surface area contributed by atoms with E-state index in [0.29, 0.717) is 11.8 Å². The molecular formula is C14H6Cl2F2N2O. The summed E-state index contributed by atoms with van der Waals surface area (Å²) < 4.78 is 26.1. The van der Waals surface area contributed by atoms with Crippen LogP contribution in [0.25, 0.3) is 0 Å². The zero-order valence-corrected chi connectivity index (χ0v) is 11.8. The molecule has 0 bridgehead atoms. The third-order valence-electron chi connectivity index (χ3n) is 2.60. The number of benzene rings is 2. The van der Waals surface area contributed by atoms with Crippen LogP contribution >= 0.6 is 23.2 Å². The standard InChI is InChI=1S/C14H6Cl2F2N2O/c15-10-3-8(2-1-7(10)6-19)20-14(21)9-4-12(17)13(18)5-11(9)16/h1-5H,(H,20,21). The molecule has 3 nitrogen and oxygen atoms in total. The van der Waals surface area contributed by atoms with Crippen molar-refractivity contribution in [2.75, 3.05) is 5.32 Å². The van der Waals surface area contributed by atoms with Crippen LogP contribution in [-0.2, 0) is 0 Å². The maximum absolute atomic E-state index is 13.2.